The third kappa shape index (κ3) is 4.39. The van der Waals surface area contributed by atoms with E-state index in [1.807, 2.05) is 17.0 Å². The fourth-order valence-electron chi connectivity index (χ4n) is 5.00. The monoisotopic (exact) mass is 448 g/mol. The van der Waals surface area contributed by atoms with E-state index in [-0.39, 0.29) is 11.7 Å². The lowest BCUT2D eigenvalue weighted by molar-refractivity contribution is 0.0585. The number of aryl methyl sites for hydroxylation is 1. The van der Waals surface area contributed by atoms with Crippen molar-refractivity contribution >= 4 is 5.91 Å². The Bertz CT molecular complexity index is 1120. The predicted molar refractivity (Wildman–Crippen MR) is 124 cm³/mol. The topological polar surface area (TPSA) is 67.2 Å². The van der Waals surface area contributed by atoms with Gasteiger partial charge >= 0.3 is 0 Å². The number of hydrogen-bond acceptors (Lipinski definition) is 5. The minimum atomic E-state index is -0.280. The Morgan fingerprint density at radius 3 is 2.42 bits per heavy atom. The first-order valence-electron chi connectivity index (χ1n) is 11.8. The molecule has 0 atom stereocenters. The van der Waals surface area contributed by atoms with E-state index in [1.165, 1.54) is 38.4 Å². The number of amides is 1. The van der Waals surface area contributed by atoms with E-state index >= 15 is 0 Å². The van der Waals surface area contributed by atoms with E-state index in [4.69, 9.17) is 0 Å². The fraction of sp³-hybridized carbons (Fsp3) is 0.440. The molecule has 4 heterocycles. The zero-order valence-corrected chi connectivity index (χ0v) is 19.0. The second-order valence-electron chi connectivity index (χ2n) is 8.99. The van der Waals surface area contributed by atoms with Gasteiger partial charge in [0.2, 0.25) is 0 Å². The van der Waals surface area contributed by atoms with Crippen LogP contribution in [0, 0.1) is 12.7 Å². The lowest BCUT2D eigenvalue weighted by atomic mass is 9.99. The van der Waals surface area contributed by atoms with Crippen molar-refractivity contribution in [3.05, 3.63) is 59.8 Å². The molecule has 2 saturated heterocycles. The van der Waals surface area contributed by atoms with Crippen LogP contribution in [0.3, 0.4) is 0 Å². The summed E-state index contributed by atoms with van der Waals surface area (Å²) in [6.07, 6.45) is 9.22. The van der Waals surface area contributed by atoms with Crippen molar-refractivity contribution < 1.29 is 9.18 Å². The van der Waals surface area contributed by atoms with Gasteiger partial charge in [-0.15, -0.1) is 5.10 Å². The van der Waals surface area contributed by atoms with Gasteiger partial charge in [-0.1, -0.05) is 11.6 Å². The zero-order valence-electron chi connectivity index (χ0n) is 19.0. The smallest absolute Gasteiger partial charge is 0.276 e. The van der Waals surface area contributed by atoms with Gasteiger partial charge in [0.25, 0.3) is 5.91 Å². The molecule has 3 aromatic rings. The van der Waals surface area contributed by atoms with E-state index in [1.54, 1.807) is 36.1 Å². The highest BCUT2D eigenvalue weighted by Gasteiger charge is 2.31. The Kier molecular flexibility index (Phi) is 6.17. The van der Waals surface area contributed by atoms with E-state index in [0.717, 1.165) is 31.5 Å². The summed E-state index contributed by atoms with van der Waals surface area (Å²) in [6.45, 7) is 5.50. The molecule has 0 radical (unpaired) electrons. The standard InChI is InChI=1S/C25H29FN6O/c1-18-17-21(5-6-22(18)26)32-24(19-7-11-27-12-8-19)23(28-29-32)25(33)31-15-9-20(10-16-31)30-13-3-2-4-14-30/h5-8,11-12,17,20H,2-4,9-10,13-16H2,1H3. The second kappa shape index (κ2) is 9.39. The Balaban J connectivity index is 1.42. The molecule has 0 spiro atoms. The summed E-state index contributed by atoms with van der Waals surface area (Å²) < 4.78 is 15.5. The van der Waals surface area contributed by atoms with Crippen molar-refractivity contribution in [2.75, 3.05) is 26.2 Å². The minimum absolute atomic E-state index is 0.107. The average molecular weight is 449 g/mol. The number of carbonyl (C=O) groups is 1. The van der Waals surface area contributed by atoms with Gasteiger partial charge in [-0.3, -0.25) is 9.78 Å². The van der Waals surface area contributed by atoms with Gasteiger partial charge in [0.05, 0.1) is 5.69 Å². The highest BCUT2D eigenvalue weighted by atomic mass is 19.1. The maximum atomic E-state index is 13.9. The number of benzene rings is 1. The number of likely N-dealkylation sites (tertiary alicyclic amines) is 2. The number of halogens is 1. The molecule has 2 aromatic heterocycles. The first-order chi connectivity index (χ1) is 16.1. The third-order valence-electron chi connectivity index (χ3n) is 6.87. The SMILES string of the molecule is Cc1cc(-n2nnc(C(=O)N3CCC(N4CCCCC4)CC3)c2-c2ccncc2)ccc1F. The van der Waals surface area contributed by atoms with Crippen LogP contribution in [-0.4, -0.2) is 67.9 Å². The van der Waals surface area contributed by atoms with Crippen molar-refractivity contribution in [1.29, 1.82) is 0 Å². The third-order valence-corrected chi connectivity index (χ3v) is 6.87. The molecule has 33 heavy (non-hydrogen) atoms. The highest BCUT2D eigenvalue weighted by molar-refractivity contribution is 5.98. The molecule has 0 bridgehead atoms. The van der Waals surface area contributed by atoms with Crippen molar-refractivity contribution in [2.45, 2.75) is 45.1 Å². The van der Waals surface area contributed by atoms with Gasteiger partial charge in [0.1, 0.15) is 11.5 Å². The number of rotatable bonds is 4. The number of carbonyl (C=O) groups excluding carboxylic acids is 1. The van der Waals surface area contributed by atoms with Gasteiger partial charge in [-0.05, 0) is 81.6 Å². The largest absolute Gasteiger partial charge is 0.337 e. The zero-order chi connectivity index (χ0) is 22.8. The first-order valence-corrected chi connectivity index (χ1v) is 11.8. The second-order valence-corrected chi connectivity index (χ2v) is 8.99. The summed E-state index contributed by atoms with van der Waals surface area (Å²) in [4.78, 5) is 22.2. The summed E-state index contributed by atoms with van der Waals surface area (Å²) in [5, 5.41) is 8.61. The molecule has 1 aromatic carbocycles. The molecule has 172 valence electrons. The van der Waals surface area contributed by atoms with Crippen LogP contribution >= 0.6 is 0 Å². The highest BCUT2D eigenvalue weighted by Crippen LogP contribution is 2.28. The lowest BCUT2D eigenvalue weighted by Gasteiger charge is -2.40. The normalized spacial score (nSPS) is 17.9. The Morgan fingerprint density at radius 1 is 1.00 bits per heavy atom. The van der Waals surface area contributed by atoms with Crippen molar-refractivity contribution in [2.24, 2.45) is 0 Å². The van der Waals surface area contributed by atoms with Gasteiger partial charge < -0.3 is 9.80 Å². The van der Waals surface area contributed by atoms with Crippen LogP contribution in [0.25, 0.3) is 16.9 Å². The fourth-order valence-corrected chi connectivity index (χ4v) is 5.00. The molecule has 0 aliphatic carbocycles. The summed E-state index contributed by atoms with van der Waals surface area (Å²) in [7, 11) is 0. The quantitative estimate of drug-likeness (QED) is 0.606. The number of pyridine rings is 1. The molecular weight excluding hydrogens is 419 g/mol. The number of aromatic nitrogens is 4. The van der Waals surface area contributed by atoms with Crippen LogP contribution < -0.4 is 0 Å². The van der Waals surface area contributed by atoms with E-state index in [9.17, 15) is 9.18 Å². The van der Waals surface area contributed by atoms with Gasteiger partial charge in [0, 0.05) is 37.1 Å². The van der Waals surface area contributed by atoms with Crippen LogP contribution in [0.2, 0.25) is 0 Å². The van der Waals surface area contributed by atoms with Crippen LogP contribution in [0.15, 0.2) is 42.7 Å². The van der Waals surface area contributed by atoms with Crippen molar-refractivity contribution in [3.63, 3.8) is 0 Å². The van der Waals surface area contributed by atoms with Gasteiger partial charge in [-0.25, -0.2) is 9.07 Å². The Labute approximate surface area is 193 Å². The molecule has 2 fully saturated rings. The molecule has 0 saturated carbocycles. The first kappa shape index (κ1) is 21.7. The maximum Gasteiger partial charge on any atom is 0.276 e. The molecule has 1 amide bonds. The molecule has 7 nitrogen and oxygen atoms in total. The molecule has 0 unspecified atom stereocenters. The summed E-state index contributed by atoms with van der Waals surface area (Å²) in [6, 6.07) is 9.02. The minimum Gasteiger partial charge on any atom is -0.337 e. The molecular formula is C25H29FN6O. The van der Waals surface area contributed by atoms with Crippen LogP contribution in [0.5, 0.6) is 0 Å². The summed E-state index contributed by atoms with van der Waals surface area (Å²) in [5.41, 5.74) is 2.89. The molecule has 0 N–H and O–H groups in total. The molecule has 2 aliphatic heterocycles. The number of nitrogens with zero attached hydrogens (tertiary/aromatic N) is 6. The predicted octanol–water partition coefficient (Wildman–Crippen LogP) is 3.87. The van der Waals surface area contributed by atoms with Crippen LogP contribution in [0.1, 0.15) is 48.2 Å². The number of hydrogen-bond donors (Lipinski definition) is 0. The van der Waals surface area contributed by atoms with E-state index < -0.39 is 0 Å². The molecule has 5 rings (SSSR count). The average Bonchev–Trinajstić information content (AvgIpc) is 3.32. The van der Waals surface area contributed by atoms with Crippen LogP contribution in [0.4, 0.5) is 4.39 Å². The van der Waals surface area contributed by atoms with E-state index in [2.05, 4.69) is 20.2 Å². The van der Waals surface area contributed by atoms with E-state index in [0.29, 0.717) is 28.7 Å². The lowest BCUT2D eigenvalue weighted by Crippen LogP contribution is -2.48. The number of piperidine rings is 2. The molecule has 8 heteroatoms. The van der Waals surface area contributed by atoms with Crippen LogP contribution in [-0.2, 0) is 0 Å². The summed E-state index contributed by atoms with van der Waals surface area (Å²) in [5.74, 6) is -0.388. The van der Waals surface area contributed by atoms with Gasteiger partial charge in [0.15, 0.2) is 5.69 Å². The van der Waals surface area contributed by atoms with Crippen molar-refractivity contribution in [1.82, 2.24) is 29.8 Å². The molecule has 2 aliphatic rings. The Hall–Kier alpha value is -3.13. The maximum absolute atomic E-state index is 13.9. The Morgan fingerprint density at radius 2 is 1.73 bits per heavy atom. The summed E-state index contributed by atoms with van der Waals surface area (Å²) >= 11 is 0. The van der Waals surface area contributed by atoms with Crippen molar-refractivity contribution in [3.8, 4) is 16.9 Å². The van der Waals surface area contributed by atoms with Gasteiger partial charge in [-0.2, -0.15) is 0 Å².